The van der Waals surface area contributed by atoms with Gasteiger partial charge < -0.3 is 10.1 Å². The number of rotatable bonds is 5. The molecule has 1 amide bonds. The molecule has 0 aromatic heterocycles. The van der Waals surface area contributed by atoms with Crippen LogP contribution in [0.4, 0.5) is 5.69 Å². The first-order chi connectivity index (χ1) is 15.1. The smallest absolute Gasteiger partial charge is 0.302 e. The summed E-state index contributed by atoms with van der Waals surface area (Å²) in [5.41, 5.74) is 4.81. The van der Waals surface area contributed by atoms with Gasteiger partial charge in [0.2, 0.25) is 0 Å². The second-order valence-corrected chi connectivity index (χ2v) is 7.95. The molecule has 3 aromatic rings. The Labute approximate surface area is 184 Å². The van der Waals surface area contributed by atoms with Crippen molar-refractivity contribution in [3.05, 3.63) is 94.9 Å². The molecule has 0 unspecified atom stereocenters. The summed E-state index contributed by atoms with van der Waals surface area (Å²) in [5, 5.41) is 3.38. The molecule has 1 fully saturated rings. The number of esters is 1. The van der Waals surface area contributed by atoms with Gasteiger partial charge in [0.1, 0.15) is 6.61 Å². The van der Waals surface area contributed by atoms with Crippen LogP contribution in [-0.4, -0.2) is 17.0 Å². The van der Waals surface area contributed by atoms with Gasteiger partial charge in [-0.25, -0.2) is 4.99 Å². The Morgan fingerprint density at radius 1 is 0.968 bits per heavy atom. The molecule has 0 bridgehead atoms. The minimum Gasteiger partial charge on any atom is -0.461 e. The van der Waals surface area contributed by atoms with Crippen molar-refractivity contribution in [3.8, 4) is 11.1 Å². The number of benzene rings is 3. The molecular formula is C25H20N2O3S. The van der Waals surface area contributed by atoms with Crippen molar-refractivity contribution >= 4 is 40.6 Å². The van der Waals surface area contributed by atoms with Crippen LogP contribution in [0.25, 0.3) is 17.2 Å². The lowest BCUT2D eigenvalue weighted by molar-refractivity contribution is -0.142. The van der Waals surface area contributed by atoms with Crippen molar-refractivity contribution in [3.63, 3.8) is 0 Å². The third-order valence-electron chi connectivity index (χ3n) is 4.58. The fourth-order valence-electron chi connectivity index (χ4n) is 3.00. The summed E-state index contributed by atoms with van der Waals surface area (Å²) in [7, 11) is 0. The van der Waals surface area contributed by atoms with Crippen LogP contribution in [0.5, 0.6) is 0 Å². The molecule has 3 aromatic carbocycles. The summed E-state index contributed by atoms with van der Waals surface area (Å²) in [4.78, 5) is 28.3. The number of nitrogens with one attached hydrogen (secondary N) is 1. The zero-order valence-corrected chi connectivity index (χ0v) is 17.7. The van der Waals surface area contributed by atoms with Crippen LogP contribution < -0.4 is 5.32 Å². The molecule has 0 aliphatic carbocycles. The first kappa shape index (κ1) is 20.6. The molecule has 0 atom stereocenters. The number of hydrogen-bond donors (Lipinski definition) is 1. The summed E-state index contributed by atoms with van der Waals surface area (Å²) in [6.07, 6.45) is 1.86. The number of aliphatic imine (C=N–C) groups is 1. The standard InChI is InChI=1S/C25H20N2O3S/c1-17(28)30-16-19-9-13-21(14-10-19)20-11-7-18(8-12-20)15-23-24(29)27-25(31-23)26-22-5-3-2-4-6-22/h2-15H,16H2,1H3,(H,26,27,29). The van der Waals surface area contributed by atoms with E-state index in [1.807, 2.05) is 84.9 Å². The highest BCUT2D eigenvalue weighted by Gasteiger charge is 2.23. The molecule has 6 heteroatoms. The average molecular weight is 429 g/mol. The third-order valence-corrected chi connectivity index (χ3v) is 5.49. The van der Waals surface area contributed by atoms with Crippen LogP contribution in [0, 0.1) is 0 Å². The first-order valence-corrected chi connectivity index (χ1v) is 10.6. The van der Waals surface area contributed by atoms with Gasteiger partial charge in [-0.3, -0.25) is 9.59 Å². The zero-order chi connectivity index (χ0) is 21.6. The molecule has 0 spiro atoms. The maximum absolute atomic E-state index is 12.3. The Balaban J connectivity index is 1.44. The van der Waals surface area contributed by atoms with Crippen molar-refractivity contribution < 1.29 is 14.3 Å². The van der Waals surface area contributed by atoms with Gasteiger partial charge in [-0.15, -0.1) is 0 Å². The van der Waals surface area contributed by atoms with Crippen molar-refractivity contribution in [2.45, 2.75) is 13.5 Å². The lowest BCUT2D eigenvalue weighted by Gasteiger charge is -2.05. The van der Waals surface area contributed by atoms with E-state index in [-0.39, 0.29) is 18.5 Å². The van der Waals surface area contributed by atoms with Crippen LogP contribution >= 0.6 is 11.8 Å². The van der Waals surface area contributed by atoms with Gasteiger partial charge in [0.25, 0.3) is 5.91 Å². The second-order valence-electron chi connectivity index (χ2n) is 6.92. The zero-order valence-electron chi connectivity index (χ0n) is 16.9. The maximum Gasteiger partial charge on any atom is 0.302 e. The van der Waals surface area contributed by atoms with E-state index in [9.17, 15) is 9.59 Å². The van der Waals surface area contributed by atoms with Crippen LogP contribution in [0.15, 0.2) is 88.8 Å². The number of para-hydroxylation sites is 1. The van der Waals surface area contributed by atoms with Crippen LogP contribution in [0.3, 0.4) is 0 Å². The highest BCUT2D eigenvalue weighted by Crippen LogP contribution is 2.29. The summed E-state index contributed by atoms with van der Waals surface area (Å²) < 4.78 is 5.01. The van der Waals surface area contributed by atoms with Gasteiger partial charge in [-0.05, 0) is 52.2 Å². The van der Waals surface area contributed by atoms with E-state index in [0.717, 1.165) is 27.9 Å². The Hall–Kier alpha value is -3.64. The minimum absolute atomic E-state index is 0.146. The molecule has 1 N–H and O–H groups in total. The molecular weight excluding hydrogens is 408 g/mol. The molecule has 1 aliphatic heterocycles. The minimum atomic E-state index is -0.290. The highest BCUT2D eigenvalue weighted by molar-refractivity contribution is 8.18. The van der Waals surface area contributed by atoms with E-state index in [1.54, 1.807) is 0 Å². The predicted octanol–water partition coefficient (Wildman–Crippen LogP) is 5.31. The van der Waals surface area contributed by atoms with Gasteiger partial charge in [0.05, 0.1) is 10.6 Å². The fourth-order valence-corrected chi connectivity index (χ4v) is 3.84. The quantitative estimate of drug-likeness (QED) is 0.442. The summed E-state index contributed by atoms with van der Waals surface area (Å²) in [6.45, 7) is 1.67. The van der Waals surface area contributed by atoms with Gasteiger partial charge in [0, 0.05) is 6.92 Å². The topological polar surface area (TPSA) is 67.8 Å². The molecule has 154 valence electrons. The lowest BCUT2D eigenvalue weighted by Crippen LogP contribution is -2.19. The summed E-state index contributed by atoms with van der Waals surface area (Å²) in [5.74, 6) is -0.437. The molecule has 1 aliphatic rings. The molecule has 31 heavy (non-hydrogen) atoms. The van der Waals surface area contributed by atoms with E-state index in [0.29, 0.717) is 10.1 Å². The first-order valence-electron chi connectivity index (χ1n) is 9.74. The molecule has 1 saturated heterocycles. The second kappa shape index (κ2) is 9.45. The van der Waals surface area contributed by atoms with Crippen LogP contribution in [-0.2, 0) is 20.9 Å². The largest absolute Gasteiger partial charge is 0.461 e. The Bertz CT molecular complexity index is 1150. The van der Waals surface area contributed by atoms with Gasteiger partial charge in [-0.2, -0.15) is 0 Å². The Kier molecular flexibility index (Phi) is 6.29. The van der Waals surface area contributed by atoms with Crippen molar-refractivity contribution in [1.82, 2.24) is 5.32 Å². The summed E-state index contributed by atoms with van der Waals surface area (Å²) >= 11 is 1.33. The van der Waals surface area contributed by atoms with Crippen LogP contribution in [0.2, 0.25) is 0 Å². The Morgan fingerprint density at radius 2 is 1.61 bits per heavy atom. The highest BCUT2D eigenvalue weighted by atomic mass is 32.2. The monoisotopic (exact) mass is 428 g/mol. The number of amidine groups is 1. The number of amides is 1. The van der Waals surface area contributed by atoms with E-state index in [4.69, 9.17) is 4.74 Å². The molecule has 1 heterocycles. The normalized spacial score (nSPS) is 15.8. The maximum atomic E-state index is 12.3. The van der Waals surface area contributed by atoms with Crippen molar-refractivity contribution in [2.75, 3.05) is 0 Å². The molecule has 5 nitrogen and oxygen atoms in total. The number of ether oxygens (including phenoxy) is 1. The number of carbonyl (C=O) groups excluding carboxylic acids is 2. The summed E-state index contributed by atoms with van der Waals surface area (Å²) in [6, 6.07) is 25.4. The van der Waals surface area contributed by atoms with Gasteiger partial charge in [0.15, 0.2) is 5.17 Å². The number of carbonyl (C=O) groups is 2. The number of nitrogens with zero attached hydrogens (tertiary/aromatic N) is 1. The number of hydrogen-bond acceptors (Lipinski definition) is 5. The lowest BCUT2D eigenvalue weighted by atomic mass is 10.0. The third kappa shape index (κ3) is 5.49. The van der Waals surface area contributed by atoms with Gasteiger partial charge in [-0.1, -0.05) is 66.7 Å². The Morgan fingerprint density at radius 3 is 2.26 bits per heavy atom. The molecule has 4 rings (SSSR count). The molecule has 0 saturated carbocycles. The van der Waals surface area contributed by atoms with Crippen molar-refractivity contribution in [2.24, 2.45) is 4.99 Å². The molecule has 0 radical (unpaired) electrons. The van der Waals surface area contributed by atoms with Crippen LogP contribution in [0.1, 0.15) is 18.1 Å². The van der Waals surface area contributed by atoms with Crippen molar-refractivity contribution in [1.29, 1.82) is 0 Å². The average Bonchev–Trinajstić information content (AvgIpc) is 3.12. The SMILES string of the molecule is CC(=O)OCc1ccc(-c2ccc(C=C3SC(=Nc4ccccc4)NC3=O)cc2)cc1. The fraction of sp³-hybridized carbons (Fsp3) is 0.0800. The number of thioether (sulfide) groups is 1. The van der Waals surface area contributed by atoms with E-state index >= 15 is 0 Å². The van der Waals surface area contributed by atoms with E-state index in [1.165, 1.54) is 18.7 Å². The predicted molar refractivity (Wildman–Crippen MR) is 125 cm³/mol. The van der Waals surface area contributed by atoms with Gasteiger partial charge >= 0.3 is 5.97 Å². The van der Waals surface area contributed by atoms with E-state index < -0.39 is 0 Å². The van der Waals surface area contributed by atoms with E-state index in [2.05, 4.69) is 10.3 Å².